The van der Waals surface area contributed by atoms with Crippen molar-refractivity contribution < 1.29 is 18.0 Å². The number of carbonyl (C=O) groups excluding carboxylic acids is 2. The van der Waals surface area contributed by atoms with Gasteiger partial charge in [0.1, 0.15) is 12.6 Å². The zero-order valence-electron chi connectivity index (χ0n) is 23.4. The highest BCUT2D eigenvalue weighted by Gasteiger charge is 2.34. The summed E-state index contributed by atoms with van der Waals surface area (Å²) in [5.74, 6) is -0.829. The number of carbonyl (C=O) groups is 2. The number of halogens is 2. The van der Waals surface area contributed by atoms with Gasteiger partial charge < -0.3 is 10.2 Å². The third-order valence-corrected chi connectivity index (χ3v) is 10.0. The van der Waals surface area contributed by atoms with Crippen LogP contribution in [0.4, 0.5) is 5.69 Å². The van der Waals surface area contributed by atoms with Crippen LogP contribution in [-0.4, -0.2) is 43.8 Å². The van der Waals surface area contributed by atoms with Gasteiger partial charge in [0.2, 0.25) is 11.8 Å². The quantitative estimate of drug-likeness (QED) is 0.291. The zero-order chi connectivity index (χ0) is 29.7. The van der Waals surface area contributed by atoms with Crippen molar-refractivity contribution in [1.29, 1.82) is 0 Å². The Kier molecular flexibility index (Phi) is 10.00. The molecule has 0 saturated heterocycles. The van der Waals surface area contributed by atoms with Crippen LogP contribution in [-0.2, 0) is 26.2 Å². The largest absolute Gasteiger partial charge is 0.352 e. The molecular formula is C31H35Cl2N3O4S. The minimum atomic E-state index is -4.13. The fraction of sp³-hybridized carbons (Fsp3) is 0.355. The molecule has 0 heterocycles. The topological polar surface area (TPSA) is 86.8 Å². The molecule has 10 heteroatoms. The van der Waals surface area contributed by atoms with Gasteiger partial charge in [0.25, 0.3) is 10.0 Å². The van der Waals surface area contributed by atoms with E-state index in [4.69, 9.17) is 23.2 Å². The molecule has 0 spiro atoms. The summed E-state index contributed by atoms with van der Waals surface area (Å²) in [6.07, 6.45) is 3.88. The first-order valence-electron chi connectivity index (χ1n) is 13.7. The number of sulfonamides is 1. The van der Waals surface area contributed by atoms with Gasteiger partial charge in [-0.15, -0.1) is 0 Å². The normalized spacial score (nSPS) is 14.5. The van der Waals surface area contributed by atoms with E-state index in [1.54, 1.807) is 55.5 Å². The van der Waals surface area contributed by atoms with Gasteiger partial charge in [0.15, 0.2) is 0 Å². The van der Waals surface area contributed by atoms with E-state index in [9.17, 15) is 18.0 Å². The van der Waals surface area contributed by atoms with Crippen LogP contribution < -0.4 is 9.62 Å². The van der Waals surface area contributed by atoms with E-state index < -0.39 is 28.5 Å². The second kappa shape index (κ2) is 13.3. The SMILES string of the molecule is Cc1cccc(N(CC(=O)N(Cc2ccc(Cl)cc2Cl)[C@@H](C)C(=O)NC2CCCC2)S(=O)(=O)c2ccccc2)c1C. The van der Waals surface area contributed by atoms with Crippen LogP contribution in [0.1, 0.15) is 49.3 Å². The summed E-state index contributed by atoms with van der Waals surface area (Å²) in [6.45, 7) is 4.86. The molecule has 0 radical (unpaired) electrons. The molecule has 218 valence electrons. The predicted octanol–water partition coefficient (Wildman–Crippen LogP) is 6.28. The fourth-order valence-corrected chi connectivity index (χ4v) is 7.01. The van der Waals surface area contributed by atoms with E-state index in [-0.39, 0.29) is 23.4 Å². The highest BCUT2D eigenvalue weighted by atomic mass is 35.5. The highest BCUT2D eigenvalue weighted by Crippen LogP contribution is 2.30. The van der Waals surface area contributed by atoms with Crippen molar-refractivity contribution in [3.63, 3.8) is 0 Å². The molecule has 7 nitrogen and oxygen atoms in total. The molecule has 2 amide bonds. The third kappa shape index (κ3) is 7.23. The maximum atomic E-state index is 14.1. The number of anilines is 1. The lowest BCUT2D eigenvalue weighted by Gasteiger charge is -2.33. The van der Waals surface area contributed by atoms with Crippen molar-refractivity contribution in [2.45, 2.75) is 70.0 Å². The molecule has 0 aromatic heterocycles. The molecule has 0 aliphatic heterocycles. The first-order valence-corrected chi connectivity index (χ1v) is 15.9. The van der Waals surface area contributed by atoms with Gasteiger partial charge in [-0.1, -0.05) is 72.4 Å². The fourth-order valence-electron chi connectivity index (χ4n) is 5.05. The monoisotopic (exact) mass is 615 g/mol. The van der Waals surface area contributed by atoms with Crippen molar-refractivity contribution in [2.24, 2.45) is 0 Å². The Hall–Kier alpha value is -3.07. The van der Waals surface area contributed by atoms with Gasteiger partial charge in [0, 0.05) is 22.6 Å². The van der Waals surface area contributed by atoms with Gasteiger partial charge in [-0.2, -0.15) is 0 Å². The number of nitrogens with one attached hydrogen (secondary N) is 1. The number of hydrogen-bond donors (Lipinski definition) is 1. The molecule has 1 N–H and O–H groups in total. The Balaban J connectivity index is 1.73. The number of rotatable bonds is 10. The van der Waals surface area contributed by atoms with E-state index in [0.29, 0.717) is 21.3 Å². The molecular weight excluding hydrogens is 581 g/mol. The minimum absolute atomic E-state index is 0.000112. The summed E-state index contributed by atoms with van der Waals surface area (Å²) in [7, 11) is -4.13. The number of benzene rings is 3. The summed E-state index contributed by atoms with van der Waals surface area (Å²) in [4.78, 5) is 28.9. The Morgan fingerprint density at radius 2 is 1.66 bits per heavy atom. The smallest absolute Gasteiger partial charge is 0.264 e. The Labute approximate surface area is 252 Å². The lowest BCUT2D eigenvalue weighted by Crippen LogP contribution is -2.52. The molecule has 0 bridgehead atoms. The van der Waals surface area contributed by atoms with Gasteiger partial charge in [-0.3, -0.25) is 13.9 Å². The first-order chi connectivity index (χ1) is 19.5. The van der Waals surface area contributed by atoms with Crippen molar-refractivity contribution in [2.75, 3.05) is 10.8 Å². The molecule has 3 aromatic carbocycles. The number of aryl methyl sites for hydroxylation is 1. The maximum Gasteiger partial charge on any atom is 0.264 e. The number of nitrogens with zero attached hydrogens (tertiary/aromatic N) is 2. The van der Waals surface area contributed by atoms with Crippen LogP contribution in [0.15, 0.2) is 71.6 Å². The van der Waals surface area contributed by atoms with Crippen LogP contribution in [0.2, 0.25) is 10.0 Å². The van der Waals surface area contributed by atoms with Crippen molar-refractivity contribution in [3.05, 3.63) is 93.5 Å². The van der Waals surface area contributed by atoms with E-state index >= 15 is 0 Å². The lowest BCUT2D eigenvalue weighted by atomic mass is 10.1. The number of hydrogen-bond acceptors (Lipinski definition) is 4. The zero-order valence-corrected chi connectivity index (χ0v) is 25.8. The maximum absolute atomic E-state index is 14.1. The average molecular weight is 617 g/mol. The number of amides is 2. The van der Waals surface area contributed by atoms with Crippen molar-refractivity contribution in [3.8, 4) is 0 Å². The third-order valence-electron chi connectivity index (χ3n) is 7.68. The van der Waals surface area contributed by atoms with Gasteiger partial charge in [-0.05, 0) is 80.6 Å². The molecule has 4 rings (SSSR count). The first kappa shape index (κ1) is 30.9. The average Bonchev–Trinajstić information content (AvgIpc) is 3.46. The summed E-state index contributed by atoms with van der Waals surface area (Å²) in [6, 6.07) is 17.5. The summed E-state index contributed by atoms with van der Waals surface area (Å²) in [5.41, 5.74) is 2.61. The standard InChI is InChI=1S/C31H35Cl2N3O4S/c1-21-10-9-15-29(22(21)2)36(41(39,40)27-13-5-4-6-14-27)20-30(37)35(19-24-16-17-25(32)18-28(24)33)23(3)31(38)34-26-11-7-8-12-26/h4-6,9-10,13-18,23,26H,7-8,11-12,19-20H2,1-3H3,(H,34,38)/t23-/m0/s1. The summed E-state index contributed by atoms with van der Waals surface area (Å²) < 4.78 is 29.1. The Morgan fingerprint density at radius 1 is 0.976 bits per heavy atom. The van der Waals surface area contributed by atoms with Crippen LogP contribution in [0, 0.1) is 13.8 Å². The van der Waals surface area contributed by atoms with E-state index in [2.05, 4.69) is 5.32 Å². The van der Waals surface area contributed by atoms with E-state index in [1.807, 2.05) is 19.9 Å². The van der Waals surface area contributed by atoms with Crippen LogP contribution in [0.25, 0.3) is 0 Å². The van der Waals surface area contributed by atoms with Gasteiger partial charge in [-0.25, -0.2) is 8.42 Å². The molecule has 0 unspecified atom stereocenters. The highest BCUT2D eigenvalue weighted by molar-refractivity contribution is 7.92. The molecule has 1 saturated carbocycles. The molecule has 1 aliphatic rings. The predicted molar refractivity (Wildman–Crippen MR) is 164 cm³/mol. The van der Waals surface area contributed by atoms with Crippen molar-refractivity contribution >= 4 is 50.7 Å². The van der Waals surface area contributed by atoms with Crippen LogP contribution in [0.5, 0.6) is 0 Å². The second-order valence-electron chi connectivity index (χ2n) is 10.5. The molecule has 1 fully saturated rings. The van der Waals surface area contributed by atoms with Gasteiger partial charge in [0.05, 0.1) is 10.6 Å². The minimum Gasteiger partial charge on any atom is -0.352 e. The second-order valence-corrected chi connectivity index (χ2v) is 13.2. The molecule has 41 heavy (non-hydrogen) atoms. The molecule has 3 aromatic rings. The lowest BCUT2D eigenvalue weighted by molar-refractivity contribution is -0.139. The van der Waals surface area contributed by atoms with Crippen LogP contribution >= 0.6 is 23.2 Å². The van der Waals surface area contributed by atoms with E-state index in [0.717, 1.165) is 41.1 Å². The van der Waals surface area contributed by atoms with Crippen LogP contribution in [0.3, 0.4) is 0 Å². The Bertz CT molecular complexity index is 1510. The molecule has 1 atom stereocenters. The van der Waals surface area contributed by atoms with Crippen molar-refractivity contribution in [1.82, 2.24) is 10.2 Å². The van der Waals surface area contributed by atoms with E-state index in [1.165, 1.54) is 17.0 Å². The summed E-state index contributed by atoms with van der Waals surface area (Å²) in [5, 5.41) is 3.85. The van der Waals surface area contributed by atoms with Gasteiger partial charge >= 0.3 is 0 Å². The molecule has 1 aliphatic carbocycles. The Morgan fingerprint density at radius 3 is 2.32 bits per heavy atom. The summed E-state index contributed by atoms with van der Waals surface area (Å²) >= 11 is 12.6.